The summed E-state index contributed by atoms with van der Waals surface area (Å²) in [6.45, 7) is 9.20. The van der Waals surface area contributed by atoms with Crippen LogP contribution in [0.5, 0.6) is 5.75 Å². The summed E-state index contributed by atoms with van der Waals surface area (Å²) in [5.41, 5.74) is 2.62. The molecule has 1 aromatic carbocycles. The van der Waals surface area contributed by atoms with Gasteiger partial charge in [-0.2, -0.15) is 0 Å². The van der Waals surface area contributed by atoms with E-state index < -0.39 is 0 Å². The van der Waals surface area contributed by atoms with Crippen LogP contribution in [-0.4, -0.2) is 5.11 Å². The smallest absolute Gasteiger partial charge is 0.119 e. The zero-order valence-corrected chi connectivity index (χ0v) is 18.7. The van der Waals surface area contributed by atoms with Gasteiger partial charge < -0.3 is 5.11 Å². The topological polar surface area (TPSA) is 20.2 Å². The first-order valence-corrected chi connectivity index (χ1v) is 11.9. The van der Waals surface area contributed by atoms with Crippen LogP contribution in [0.1, 0.15) is 141 Å². The number of unbranched alkanes of at least 4 members (excludes halogenated alkanes) is 10. The van der Waals surface area contributed by atoms with Gasteiger partial charge in [0, 0.05) is 5.56 Å². The second kappa shape index (κ2) is 15.0. The lowest BCUT2D eigenvalue weighted by molar-refractivity contribution is 0.452. The maximum Gasteiger partial charge on any atom is 0.119 e. The normalized spacial score (nSPS) is 13.6. The van der Waals surface area contributed by atoms with Crippen molar-refractivity contribution in [1.29, 1.82) is 0 Å². The summed E-state index contributed by atoms with van der Waals surface area (Å²) in [4.78, 5) is 0. The largest absolute Gasteiger partial charge is 0.508 e. The van der Waals surface area contributed by atoms with Crippen LogP contribution >= 0.6 is 0 Å². The minimum absolute atomic E-state index is 0.458. The Morgan fingerprint density at radius 1 is 0.667 bits per heavy atom. The molecule has 0 amide bonds. The summed E-state index contributed by atoms with van der Waals surface area (Å²) in [6.07, 6.45) is 18.6. The maximum absolute atomic E-state index is 10.6. The van der Waals surface area contributed by atoms with Crippen molar-refractivity contribution in [3.05, 3.63) is 29.3 Å². The highest BCUT2D eigenvalue weighted by Gasteiger charge is 2.18. The molecule has 0 fully saturated rings. The maximum atomic E-state index is 10.6. The highest BCUT2D eigenvalue weighted by atomic mass is 16.3. The summed E-state index contributed by atoms with van der Waals surface area (Å²) in [5.74, 6) is 1.52. The molecule has 1 aromatic rings. The van der Waals surface area contributed by atoms with Crippen molar-refractivity contribution in [1.82, 2.24) is 0 Å². The molecule has 0 heterocycles. The van der Waals surface area contributed by atoms with Gasteiger partial charge in [0.25, 0.3) is 0 Å². The molecule has 0 saturated carbocycles. The molecule has 2 atom stereocenters. The Labute approximate surface area is 170 Å². The summed E-state index contributed by atoms with van der Waals surface area (Å²) in [7, 11) is 0. The Kier molecular flexibility index (Phi) is 13.4. The highest BCUT2D eigenvalue weighted by Crippen LogP contribution is 2.37. The molecule has 1 nitrogen and oxygen atoms in total. The van der Waals surface area contributed by atoms with E-state index in [0.29, 0.717) is 17.6 Å². The van der Waals surface area contributed by atoms with Gasteiger partial charge in [-0.05, 0) is 36.3 Å². The average molecular weight is 375 g/mol. The Morgan fingerprint density at radius 3 is 1.70 bits per heavy atom. The second-order valence-corrected chi connectivity index (χ2v) is 8.70. The average Bonchev–Trinajstić information content (AvgIpc) is 2.66. The molecule has 0 saturated heterocycles. The Morgan fingerprint density at radius 2 is 1.15 bits per heavy atom. The predicted octanol–water partition coefficient (Wildman–Crippen LogP) is 9.10. The van der Waals surface area contributed by atoms with Crippen molar-refractivity contribution in [2.24, 2.45) is 0 Å². The van der Waals surface area contributed by atoms with Crippen molar-refractivity contribution < 1.29 is 5.11 Å². The molecule has 0 aliphatic rings. The van der Waals surface area contributed by atoms with Crippen LogP contribution in [0, 0.1) is 0 Å². The quantitative estimate of drug-likeness (QED) is 0.286. The number of phenols is 1. The molecule has 0 bridgehead atoms. The minimum atomic E-state index is 0.458. The van der Waals surface area contributed by atoms with Gasteiger partial charge in [0.2, 0.25) is 0 Å². The molecule has 0 radical (unpaired) electrons. The van der Waals surface area contributed by atoms with E-state index in [1.54, 1.807) is 0 Å². The van der Waals surface area contributed by atoms with Crippen molar-refractivity contribution in [3.63, 3.8) is 0 Å². The first-order chi connectivity index (χ1) is 13.1. The third-order valence-electron chi connectivity index (χ3n) is 6.12. The molecule has 0 spiro atoms. The summed E-state index contributed by atoms with van der Waals surface area (Å²) in [6, 6.07) is 6.17. The molecule has 27 heavy (non-hydrogen) atoms. The molecule has 156 valence electrons. The van der Waals surface area contributed by atoms with Crippen molar-refractivity contribution in [2.45, 2.75) is 129 Å². The van der Waals surface area contributed by atoms with E-state index in [1.165, 1.54) is 101 Å². The fraction of sp³-hybridized carbons (Fsp3) is 0.769. The number of hydrogen-bond acceptors (Lipinski definition) is 1. The summed E-state index contributed by atoms with van der Waals surface area (Å²) in [5, 5.41) is 10.6. The fourth-order valence-electron chi connectivity index (χ4n) is 4.30. The molecule has 1 N–H and O–H groups in total. The number of benzene rings is 1. The Balaban J connectivity index is 2.51. The fourth-order valence-corrected chi connectivity index (χ4v) is 4.30. The van der Waals surface area contributed by atoms with Crippen LogP contribution < -0.4 is 0 Å². The lowest BCUT2D eigenvalue weighted by Crippen LogP contribution is -2.04. The predicted molar refractivity (Wildman–Crippen MR) is 121 cm³/mol. The first-order valence-electron chi connectivity index (χ1n) is 11.9. The van der Waals surface area contributed by atoms with E-state index in [0.717, 1.165) is 0 Å². The lowest BCUT2D eigenvalue weighted by atomic mass is 9.84. The number of phenolic OH excluding ortho intramolecular Hbond substituents is 1. The Bertz CT molecular complexity index is 479. The van der Waals surface area contributed by atoms with Gasteiger partial charge in [-0.1, -0.05) is 117 Å². The Hall–Kier alpha value is -0.980. The van der Waals surface area contributed by atoms with E-state index in [4.69, 9.17) is 0 Å². The van der Waals surface area contributed by atoms with Crippen LogP contribution in [0.15, 0.2) is 18.2 Å². The van der Waals surface area contributed by atoms with E-state index >= 15 is 0 Å². The van der Waals surface area contributed by atoms with Gasteiger partial charge in [0.15, 0.2) is 0 Å². The molecule has 0 aromatic heterocycles. The standard InChI is InChI=1S/C26H46O/c1-5-7-9-11-13-15-18-22(3)24-20-17-21-25(27)26(24)23(4)19-16-14-12-10-8-6-2/h17,20-23,27H,5-16,18-19H2,1-4H3. The third kappa shape index (κ3) is 9.67. The zero-order chi connectivity index (χ0) is 19.9. The third-order valence-corrected chi connectivity index (χ3v) is 6.12. The molecule has 1 heteroatoms. The van der Waals surface area contributed by atoms with E-state index in [2.05, 4.69) is 33.8 Å². The summed E-state index contributed by atoms with van der Waals surface area (Å²) < 4.78 is 0. The van der Waals surface area contributed by atoms with Crippen LogP contribution in [0.25, 0.3) is 0 Å². The minimum Gasteiger partial charge on any atom is -0.508 e. The van der Waals surface area contributed by atoms with Crippen molar-refractivity contribution in [3.8, 4) is 5.75 Å². The van der Waals surface area contributed by atoms with Crippen LogP contribution in [0.3, 0.4) is 0 Å². The zero-order valence-electron chi connectivity index (χ0n) is 18.7. The van der Waals surface area contributed by atoms with E-state index in [-0.39, 0.29) is 0 Å². The van der Waals surface area contributed by atoms with Crippen LogP contribution in [0.4, 0.5) is 0 Å². The van der Waals surface area contributed by atoms with Crippen LogP contribution in [-0.2, 0) is 0 Å². The van der Waals surface area contributed by atoms with Gasteiger partial charge in [-0.25, -0.2) is 0 Å². The lowest BCUT2D eigenvalue weighted by Gasteiger charge is -2.22. The van der Waals surface area contributed by atoms with Crippen LogP contribution in [0.2, 0.25) is 0 Å². The molecular formula is C26H46O. The number of hydrogen-bond donors (Lipinski definition) is 1. The molecule has 2 unspecified atom stereocenters. The van der Waals surface area contributed by atoms with Crippen molar-refractivity contribution in [2.75, 3.05) is 0 Å². The molecular weight excluding hydrogens is 328 g/mol. The monoisotopic (exact) mass is 374 g/mol. The second-order valence-electron chi connectivity index (χ2n) is 8.70. The van der Waals surface area contributed by atoms with Gasteiger partial charge in [0.05, 0.1) is 0 Å². The van der Waals surface area contributed by atoms with Crippen molar-refractivity contribution >= 4 is 0 Å². The molecule has 0 aliphatic heterocycles. The SMILES string of the molecule is CCCCCCCCC(C)c1cccc(O)c1C(C)CCCCCCCC. The highest BCUT2D eigenvalue weighted by molar-refractivity contribution is 5.43. The van der Waals surface area contributed by atoms with Gasteiger partial charge in [0.1, 0.15) is 5.75 Å². The number of aromatic hydroxyl groups is 1. The summed E-state index contributed by atoms with van der Waals surface area (Å²) >= 11 is 0. The van der Waals surface area contributed by atoms with E-state index in [1.807, 2.05) is 12.1 Å². The molecule has 1 rings (SSSR count). The van der Waals surface area contributed by atoms with Gasteiger partial charge in [-0.3, -0.25) is 0 Å². The van der Waals surface area contributed by atoms with E-state index in [9.17, 15) is 5.11 Å². The van der Waals surface area contributed by atoms with Gasteiger partial charge in [-0.15, -0.1) is 0 Å². The van der Waals surface area contributed by atoms with Gasteiger partial charge >= 0.3 is 0 Å². The molecule has 0 aliphatic carbocycles. The first kappa shape index (κ1) is 24.1. The number of rotatable bonds is 16.